The molecule has 0 aromatic heterocycles. The first-order valence-corrected chi connectivity index (χ1v) is 5.28. The zero-order valence-electron chi connectivity index (χ0n) is 8.59. The van der Waals surface area contributed by atoms with E-state index in [0.29, 0.717) is 11.7 Å². The lowest BCUT2D eigenvalue weighted by Gasteiger charge is -2.25. The lowest BCUT2D eigenvalue weighted by molar-refractivity contribution is 0.423. The number of hydrogen-bond donors (Lipinski definition) is 2. The van der Waals surface area contributed by atoms with Gasteiger partial charge >= 0.3 is 0 Å². The van der Waals surface area contributed by atoms with Crippen molar-refractivity contribution in [3.63, 3.8) is 0 Å². The minimum Gasteiger partial charge on any atom is -0.508 e. The fraction of sp³-hybridized carbons (Fsp3) is 0.500. The molecule has 0 radical (unpaired) electrons. The lowest BCUT2D eigenvalue weighted by Crippen LogP contribution is -2.26. The molecule has 1 saturated heterocycles. The largest absolute Gasteiger partial charge is 0.508 e. The highest BCUT2D eigenvalue weighted by molar-refractivity contribution is 5.41. The first-order valence-electron chi connectivity index (χ1n) is 5.28. The van der Waals surface area contributed by atoms with Crippen LogP contribution in [0.15, 0.2) is 18.2 Å². The molecule has 0 saturated carbocycles. The number of aromatic hydroxyl groups is 1. The monoisotopic (exact) mass is 191 g/mol. The van der Waals surface area contributed by atoms with Crippen LogP contribution in [0.25, 0.3) is 0 Å². The number of hydrogen-bond acceptors (Lipinski definition) is 2. The number of phenolic OH excluding ortho intramolecular Hbond substituents is 1. The van der Waals surface area contributed by atoms with Crippen molar-refractivity contribution in [2.24, 2.45) is 0 Å². The fourth-order valence-corrected chi connectivity index (χ4v) is 2.31. The van der Waals surface area contributed by atoms with Crippen molar-refractivity contribution < 1.29 is 5.11 Å². The highest BCUT2D eigenvalue weighted by Gasteiger charge is 2.19. The summed E-state index contributed by atoms with van der Waals surface area (Å²) in [6.07, 6.45) is 2.27. The summed E-state index contributed by atoms with van der Waals surface area (Å²) in [5, 5.41) is 13.2. The van der Waals surface area contributed by atoms with Gasteiger partial charge in [0.2, 0.25) is 0 Å². The van der Waals surface area contributed by atoms with Gasteiger partial charge in [0.1, 0.15) is 5.75 Å². The van der Waals surface area contributed by atoms with Crippen LogP contribution in [-0.4, -0.2) is 18.2 Å². The highest BCUT2D eigenvalue weighted by Crippen LogP contribution is 2.34. The third kappa shape index (κ3) is 1.75. The summed E-state index contributed by atoms with van der Waals surface area (Å²) in [4.78, 5) is 0. The average Bonchev–Trinajstić information content (AvgIpc) is 2.19. The Hall–Kier alpha value is -1.02. The van der Waals surface area contributed by atoms with Crippen molar-refractivity contribution in [1.82, 2.24) is 5.32 Å². The zero-order valence-corrected chi connectivity index (χ0v) is 8.59. The number of aryl methyl sites for hydroxylation is 1. The molecule has 0 unspecified atom stereocenters. The van der Waals surface area contributed by atoms with Gasteiger partial charge in [0.25, 0.3) is 0 Å². The van der Waals surface area contributed by atoms with E-state index in [4.69, 9.17) is 0 Å². The standard InChI is InChI=1S/C12H17NO/c1-9-3-2-4-11(14)12(9)10-5-7-13-8-6-10/h2-4,10,13-14H,5-8H2,1H3. The molecule has 1 heterocycles. The van der Waals surface area contributed by atoms with Gasteiger partial charge in [0.05, 0.1) is 0 Å². The van der Waals surface area contributed by atoms with Crippen LogP contribution in [0.3, 0.4) is 0 Å². The van der Waals surface area contributed by atoms with E-state index < -0.39 is 0 Å². The summed E-state index contributed by atoms with van der Waals surface area (Å²) in [5.74, 6) is 1.01. The van der Waals surface area contributed by atoms with Gasteiger partial charge in [-0.1, -0.05) is 12.1 Å². The lowest BCUT2D eigenvalue weighted by atomic mass is 9.87. The maximum absolute atomic E-state index is 9.82. The Labute approximate surface area is 85.0 Å². The quantitative estimate of drug-likeness (QED) is 0.713. The molecule has 1 aliphatic heterocycles. The Morgan fingerprint density at radius 2 is 2.00 bits per heavy atom. The average molecular weight is 191 g/mol. The van der Waals surface area contributed by atoms with Crippen LogP contribution in [0.2, 0.25) is 0 Å². The molecule has 1 aromatic rings. The Morgan fingerprint density at radius 1 is 1.29 bits per heavy atom. The first kappa shape index (κ1) is 9.53. The Kier molecular flexibility index (Phi) is 2.73. The van der Waals surface area contributed by atoms with Crippen LogP contribution >= 0.6 is 0 Å². The van der Waals surface area contributed by atoms with Crippen molar-refractivity contribution in [2.45, 2.75) is 25.7 Å². The molecular formula is C12H17NO. The number of phenols is 1. The summed E-state index contributed by atoms with van der Waals surface area (Å²) in [6, 6.07) is 5.79. The van der Waals surface area contributed by atoms with E-state index in [2.05, 4.69) is 18.3 Å². The summed E-state index contributed by atoms with van der Waals surface area (Å²) >= 11 is 0. The predicted molar refractivity (Wildman–Crippen MR) is 57.7 cm³/mol. The van der Waals surface area contributed by atoms with Gasteiger partial charge in [-0.3, -0.25) is 0 Å². The molecule has 0 aliphatic carbocycles. The molecule has 1 aromatic carbocycles. The van der Waals surface area contributed by atoms with E-state index in [1.54, 1.807) is 6.07 Å². The molecule has 0 atom stereocenters. The molecule has 2 heteroatoms. The summed E-state index contributed by atoms with van der Waals surface area (Å²) in [7, 11) is 0. The Bertz CT molecular complexity index is 296. The highest BCUT2D eigenvalue weighted by atomic mass is 16.3. The smallest absolute Gasteiger partial charge is 0.119 e. The van der Waals surface area contributed by atoms with Gasteiger partial charge < -0.3 is 10.4 Å². The Morgan fingerprint density at radius 3 is 2.64 bits per heavy atom. The molecule has 76 valence electrons. The van der Waals surface area contributed by atoms with Crippen molar-refractivity contribution in [2.75, 3.05) is 13.1 Å². The van der Waals surface area contributed by atoms with Crippen molar-refractivity contribution in [1.29, 1.82) is 0 Å². The van der Waals surface area contributed by atoms with E-state index in [9.17, 15) is 5.11 Å². The molecule has 2 rings (SSSR count). The second kappa shape index (κ2) is 4.01. The SMILES string of the molecule is Cc1cccc(O)c1C1CCNCC1. The second-order valence-corrected chi connectivity index (χ2v) is 4.03. The Balaban J connectivity index is 2.29. The number of benzene rings is 1. The van der Waals surface area contributed by atoms with E-state index in [0.717, 1.165) is 31.5 Å². The van der Waals surface area contributed by atoms with Crippen LogP contribution in [-0.2, 0) is 0 Å². The molecule has 14 heavy (non-hydrogen) atoms. The molecule has 2 nitrogen and oxygen atoms in total. The maximum atomic E-state index is 9.82. The summed E-state index contributed by atoms with van der Waals surface area (Å²) < 4.78 is 0. The number of piperidine rings is 1. The minimum absolute atomic E-state index is 0.469. The van der Waals surface area contributed by atoms with Gasteiger partial charge in [-0.05, 0) is 56.0 Å². The topological polar surface area (TPSA) is 32.3 Å². The number of rotatable bonds is 1. The van der Waals surface area contributed by atoms with Crippen LogP contribution in [0, 0.1) is 6.92 Å². The van der Waals surface area contributed by atoms with E-state index in [-0.39, 0.29) is 0 Å². The summed E-state index contributed by atoms with van der Waals surface area (Å²) in [6.45, 7) is 4.22. The predicted octanol–water partition coefficient (Wildman–Crippen LogP) is 2.17. The zero-order chi connectivity index (χ0) is 9.97. The molecule has 0 spiro atoms. The van der Waals surface area contributed by atoms with E-state index >= 15 is 0 Å². The van der Waals surface area contributed by atoms with Crippen LogP contribution in [0.1, 0.15) is 29.9 Å². The third-order valence-electron chi connectivity index (χ3n) is 3.05. The minimum atomic E-state index is 0.469. The van der Waals surface area contributed by atoms with Gasteiger partial charge in [0.15, 0.2) is 0 Å². The molecule has 0 bridgehead atoms. The van der Waals surface area contributed by atoms with Crippen LogP contribution < -0.4 is 5.32 Å². The van der Waals surface area contributed by atoms with Gasteiger partial charge in [-0.2, -0.15) is 0 Å². The maximum Gasteiger partial charge on any atom is 0.119 e. The van der Waals surface area contributed by atoms with Gasteiger partial charge in [-0.25, -0.2) is 0 Å². The van der Waals surface area contributed by atoms with E-state index in [1.165, 1.54) is 5.56 Å². The fourth-order valence-electron chi connectivity index (χ4n) is 2.31. The van der Waals surface area contributed by atoms with Crippen molar-refractivity contribution in [3.8, 4) is 5.75 Å². The van der Waals surface area contributed by atoms with Gasteiger partial charge in [0, 0.05) is 0 Å². The molecule has 1 aliphatic rings. The van der Waals surface area contributed by atoms with E-state index in [1.807, 2.05) is 6.07 Å². The van der Waals surface area contributed by atoms with Crippen LogP contribution in [0.5, 0.6) is 5.75 Å². The van der Waals surface area contributed by atoms with Gasteiger partial charge in [-0.15, -0.1) is 0 Å². The molecule has 0 amide bonds. The third-order valence-corrected chi connectivity index (χ3v) is 3.05. The summed E-state index contributed by atoms with van der Waals surface area (Å²) in [5.41, 5.74) is 2.38. The number of nitrogens with one attached hydrogen (secondary N) is 1. The molecule has 2 N–H and O–H groups in total. The molecule has 1 fully saturated rings. The van der Waals surface area contributed by atoms with Crippen molar-refractivity contribution in [3.05, 3.63) is 29.3 Å². The molecular weight excluding hydrogens is 174 g/mol. The second-order valence-electron chi connectivity index (χ2n) is 4.03. The normalized spacial score (nSPS) is 18.4. The van der Waals surface area contributed by atoms with Crippen molar-refractivity contribution >= 4 is 0 Å². The first-order chi connectivity index (χ1) is 6.79. The van der Waals surface area contributed by atoms with Crippen LogP contribution in [0.4, 0.5) is 0 Å².